The molecule has 92 valence electrons. The fourth-order valence-electron chi connectivity index (χ4n) is 2.84. The van der Waals surface area contributed by atoms with Crippen LogP contribution in [0.5, 0.6) is 0 Å². The number of benzene rings is 1. The number of fused-ring (bicyclic) bond motifs is 1. The molecule has 0 bridgehead atoms. The van der Waals surface area contributed by atoms with Crippen LogP contribution in [0.2, 0.25) is 0 Å². The standard InChI is InChI=1S/C14H20N2S/c1-16(12-6-7-15-9-12)10-13-8-11-4-2-3-5-14(11)17-13/h2-5,12-13,15H,6-10H2,1H3. The summed E-state index contributed by atoms with van der Waals surface area (Å²) in [7, 11) is 2.28. The lowest BCUT2D eigenvalue weighted by Crippen LogP contribution is -2.37. The predicted octanol–water partition coefficient (Wildman–Crippen LogP) is 2.00. The third kappa shape index (κ3) is 2.51. The van der Waals surface area contributed by atoms with Gasteiger partial charge in [-0.2, -0.15) is 0 Å². The molecule has 1 fully saturated rings. The molecule has 0 radical (unpaired) electrons. The van der Waals surface area contributed by atoms with Crippen molar-refractivity contribution in [1.82, 2.24) is 10.2 Å². The smallest absolute Gasteiger partial charge is 0.0263 e. The molecule has 2 heterocycles. The van der Waals surface area contributed by atoms with Crippen LogP contribution in [0.4, 0.5) is 0 Å². The van der Waals surface area contributed by atoms with Gasteiger partial charge >= 0.3 is 0 Å². The van der Waals surface area contributed by atoms with E-state index < -0.39 is 0 Å². The number of hydrogen-bond donors (Lipinski definition) is 1. The third-order valence-electron chi connectivity index (χ3n) is 3.86. The van der Waals surface area contributed by atoms with Gasteiger partial charge in [0.2, 0.25) is 0 Å². The molecule has 0 aliphatic carbocycles. The van der Waals surface area contributed by atoms with Crippen LogP contribution in [0.25, 0.3) is 0 Å². The molecule has 0 amide bonds. The molecule has 2 atom stereocenters. The Morgan fingerprint density at radius 1 is 1.41 bits per heavy atom. The van der Waals surface area contributed by atoms with Gasteiger partial charge in [-0.15, -0.1) is 11.8 Å². The molecular formula is C14H20N2S. The summed E-state index contributed by atoms with van der Waals surface area (Å²) in [6.45, 7) is 3.57. The number of nitrogens with one attached hydrogen (secondary N) is 1. The minimum atomic E-state index is 0.748. The van der Waals surface area contributed by atoms with Gasteiger partial charge < -0.3 is 10.2 Å². The van der Waals surface area contributed by atoms with Crippen LogP contribution >= 0.6 is 11.8 Å². The highest BCUT2D eigenvalue weighted by Crippen LogP contribution is 2.37. The van der Waals surface area contributed by atoms with Crippen molar-refractivity contribution < 1.29 is 0 Å². The molecule has 3 rings (SSSR count). The first-order chi connectivity index (χ1) is 8.33. The Balaban J connectivity index is 1.58. The van der Waals surface area contributed by atoms with Gasteiger partial charge in [0.1, 0.15) is 0 Å². The highest BCUT2D eigenvalue weighted by Gasteiger charge is 2.26. The summed E-state index contributed by atoms with van der Waals surface area (Å²) in [5.74, 6) is 0. The first kappa shape index (κ1) is 11.6. The summed E-state index contributed by atoms with van der Waals surface area (Å²) in [6, 6.07) is 9.60. The molecule has 0 saturated carbocycles. The average molecular weight is 248 g/mol. The summed E-state index contributed by atoms with van der Waals surface area (Å²) >= 11 is 2.06. The molecular weight excluding hydrogens is 228 g/mol. The molecule has 1 saturated heterocycles. The lowest BCUT2D eigenvalue weighted by atomic mass is 10.1. The van der Waals surface area contributed by atoms with Crippen LogP contribution in [0, 0.1) is 0 Å². The highest BCUT2D eigenvalue weighted by atomic mass is 32.2. The van der Waals surface area contributed by atoms with Gasteiger partial charge in [-0.1, -0.05) is 18.2 Å². The predicted molar refractivity (Wildman–Crippen MR) is 73.7 cm³/mol. The minimum Gasteiger partial charge on any atom is -0.315 e. The van der Waals surface area contributed by atoms with Crippen LogP contribution in [-0.4, -0.2) is 42.9 Å². The molecule has 1 aromatic carbocycles. The number of nitrogens with zero attached hydrogens (tertiary/aromatic N) is 1. The number of likely N-dealkylation sites (N-methyl/N-ethyl adjacent to an activating group) is 1. The third-order valence-corrected chi connectivity index (χ3v) is 5.16. The maximum atomic E-state index is 3.45. The van der Waals surface area contributed by atoms with E-state index in [1.165, 1.54) is 37.4 Å². The highest BCUT2D eigenvalue weighted by molar-refractivity contribution is 8.00. The molecule has 3 heteroatoms. The fourth-order valence-corrected chi connectivity index (χ4v) is 4.23. The molecule has 2 aliphatic rings. The van der Waals surface area contributed by atoms with Gasteiger partial charge in [-0.25, -0.2) is 0 Å². The molecule has 17 heavy (non-hydrogen) atoms. The monoisotopic (exact) mass is 248 g/mol. The van der Waals surface area contributed by atoms with Gasteiger partial charge in [0.15, 0.2) is 0 Å². The molecule has 2 aliphatic heterocycles. The molecule has 0 aromatic heterocycles. The Kier molecular flexibility index (Phi) is 3.41. The van der Waals surface area contributed by atoms with E-state index in [1.807, 2.05) is 0 Å². The van der Waals surface area contributed by atoms with Crippen molar-refractivity contribution in [1.29, 1.82) is 0 Å². The van der Waals surface area contributed by atoms with Crippen LogP contribution in [0.3, 0.4) is 0 Å². The van der Waals surface area contributed by atoms with E-state index in [-0.39, 0.29) is 0 Å². The van der Waals surface area contributed by atoms with Crippen molar-refractivity contribution in [2.75, 3.05) is 26.7 Å². The van der Waals surface area contributed by atoms with E-state index in [0.29, 0.717) is 0 Å². The zero-order valence-corrected chi connectivity index (χ0v) is 11.2. The van der Waals surface area contributed by atoms with E-state index in [0.717, 1.165) is 11.3 Å². The van der Waals surface area contributed by atoms with Crippen LogP contribution < -0.4 is 5.32 Å². The van der Waals surface area contributed by atoms with Crippen molar-refractivity contribution in [2.24, 2.45) is 0 Å². The second-order valence-electron chi connectivity index (χ2n) is 5.14. The molecule has 2 nitrogen and oxygen atoms in total. The van der Waals surface area contributed by atoms with E-state index in [4.69, 9.17) is 0 Å². The zero-order valence-electron chi connectivity index (χ0n) is 10.4. The fraction of sp³-hybridized carbons (Fsp3) is 0.571. The van der Waals surface area contributed by atoms with Crippen LogP contribution in [0.1, 0.15) is 12.0 Å². The van der Waals surface area contributed by atoms with E-state index in [1.54, 1.807) is 5.56 Å². The normalized spacial score (nSPS) is 27.6. The Morgan fingerprint density at radius 3 is 3.06 bits per heavy atom. The van der Waals surface area contributed by atoms with Gasteiger partial charge in [0.05, 0.1) is 0 Å². The Morgan fingerprint density at radius 2 is 2.29 bits per heavy atom. The van der Waals surface area contributed by atoms with Crippen molar-refractivity contribution >= 4 is 11.8 Å². The van der Waals surface area contributed by atoms with Crippen LogP contribution in [0.15, 0.2) is 29.2 Å². The topological polar surface area (TPSA) is 15.3 Å². The van der Waals surface area contributed by atoms with Crippen molar-refractivity contribution in [3.63, 3.8) is 0 Å². The Hall–Kier alpha value is -0.510. The van der Waals surface area contributed by atoms with Crippen molar-refractivity contribution in [2.45, 2.75) is 29.0 Å². The van der Waals surface area contributed by atoms with Crippen LogP contribution in [-0.2, 0) is 6.42 Å². The largest absolute Gasteiger partial charge is 0.315 e. The lowest BCUT2D eigenvalue weighted by Gasteiger charge is -2.26. The number of rotatable bonds is 3. The van der Waals surface area contributed by atoms with Gasteiger partial charge in [-0.3, -0.25) is 0 Å². The first-order valence-electron chi connectivity index (χ1n) is 6.48. The quantitative estimate of drug-likeness (QED) is 0.881. The van der Waals surface area contributed by atoms with Gasteiger partial charge in [-0.05, 0) is 38.1 Å². The summed E-state index contributed by atoms with van der Waals surface area (Å²) in [4.78, 5) is 4.04. The summed E-state index contributed by atoms with van der Waals surface area (Å²) in [5.41, 5.74) is 1.54. The average Bonchev–Trinajstić information content (AvgIpc) is 2.97. The van der Waals surface area contributed by atoms with Gasteiger partial charge in [0.25, 0.3) is 0 Å². The number of hydrogen-bond acceptors (Lipinski definition) is 3. The maximum Gasteiger partial charge on any atom is 0.0263 e. The summed E-state index contributed by atoms with van der Waals surface area (Å²) < 4.78 is 0. The van der Waals surface area contributed by atoms with E-state index in [2.05, 4.69) is 53.3 Å². The minimum absolute atomic E-state index is 0.748. The Bertz CT molecular complexity index is 363. The summed E-state index contributed by atoms with van der Waals surface area (Å²) in [6.07, 6.45) is 2.55. The second kappa shape index (κ2) is 5.01. The second-order valence-corrected chi connectivity index (χ2v) is 6.48. The zero-order chi connectivity index (χ0) is 11.7. The first-order valence-corrected chi connectivity index (χ1v) is 7.36. The van der Waals surface area contributed by atoms with Crippen molar-refractivity contribution in [3.05, 3.63) is 29.8 Å². The number of thioether (sulfide) groups is 1. The van der Waals surface area contributed by atoms with Crippen molar-refractivity contribution in [3.8, 4) is 0 Å². The summed E-state index contributed by atoms with van der Waals surface area (Å²) in [5, 5.41) is 4.19. The Labute approximate surface area is 108 Å². The van der Waals surface area contributed by atoms with E-state index >= 15 is 0 Å². The maximum absolute atomic E-state index is 3.45. The van der Waals surface area contributed by atoms with Gasteiger partial charge in [0, 0.05) is 29.3 Å². The SMILES string of the molecule is CN(CC1Cc2ccccc2S1)C1CCNC1. The molecule has 1 aromatic rings. The van der Waals surface area contributed by atoms with E-state index in [9.17, 15) is 0 Å². The molecule has 2 unspecified atom stereocenters. The molecule has 1 N–H and O–H groups in total. The molecule has 0 spiro atoms. The lowest BCUT2D eigenvalue weighted by molar-refractivity contribution is 0.258.